The molecule has 0 saturated heterocycles. The van der Waals surface area contributed by atoms with E-state index >= 15 is 0 Å². The van der Waals surface area contributed by atoms with Gasteiger partial charge in [-0.1, -0.05) is 29.5 Å². The van der Waals surface area contributed by atoms with Gasteiger partial charge >= 0.3 is 5.97 Å². The number of nitriles is 1. The van der Waals surface area contributed by atoms with Crippen LogP contribution in [0.15, 0.2) is 34.5 Å². The first-order chi connectivity index (χ1) is 14.2. The standard InChI is InChI=1S/C17H14N6O4S3/c1-9-12(8-18)14(29-22-9)20-21-15-13(19-17(28-15)23-30(3,25)26)10-6-4-5-7-11(10)16(24)27-2/h4-7H,1-3H3,(H,19,23)/b21-20+. The zero-order chi connectivity index (χ0) is 21.9. The highest BCUT2D eigenvalue weighted by atomic mass is 32.2. The van der Waals surface area contributed by atoms with Gasteiger partial charge in [0.05, 0.1) is 24.6 Å². The van der Waals surface area contributed by atoms with Gasteiger partial charge in [0.15, 0.2) is 15.1 Å². The average Bonchev–Trinajstić information content (AvgIpc) is 3.26. The molecule has 0 aliphatic rings. The number of anilines is 1. The second-order valence-corrected chi connectivity index (χ2v) is 9.32. The van der Waals surface area contributed by atoms with E-state index in [1.807, 2.05) is 6.07 Å². The molecule has 1 aromatic carbocycles. The smallest absolute Gasteiger partial charge is 0.338 e. The van der Waals surface area contributed by atoms with Crippen LogP contribution >= 0.6 is 22.9 Å². The second-order valence-electron chi connectivity index (χ2n) is 5.84. The molecule has 154 valence electrons. The summed E-state index contributed by atoms with van der Waals surface area (Å²) in [7, 11) is -2.33. The highest BCUT2D eigenvalue weighted by molar-refractivity contribution is 7.92. The van der Waals surface area contributed by atoms with Crippen molar-refractivity contribution in [3.05, 3.63) is 41.1 Å². The quantitative estimate of drug-likeness (QED) is 0.430. The summed E-state index contributed by atoms with van der Waals surface area (Å²) in [6.07, 6.45) is 0.997. The van der Waals surface area contributed by atoms with E-state index in [9.17, 15) is 18.5 Å². The van der Waals surface area contributed by atoms with Crippen LogP contribution in [0.2, 0.25) is 0 Å². The van der Waals surface area contributed by atoms with Crippen LogP contribution in [0.3, 0.4) is 0 Å². The number of carbonyl (C=O) groups is 1. The Morgan fingerprint density at radius 1 is 1.27 bits per heavy atom. The normalized spacial score (nSPS) is 11.4. The zero-order valence-corrected chi connectivity index (χ0v) is 18.4. The van der Waals surface area contributed by atoms with Crippen LogP contribution in [0, 0.1) is 18.3 Å². The highest BCUT2D eigenvalue weighted by Crippen LogP contribution is 2.41. The van der Waals surface area contributed by atoms with Crippen molar-refractivity contribution in [1.29, 1.82) is 5.26 Å². The van der Waals surface area contributed by atoms with Crippen LogP contribution in [0.5, 0.6) is 0 Å². The molecule has 3 rings (SSSR count). The molecule has 0 fully saturated rings. The predicted molar refractivity (Wildman–Crippen MR) is 113 cm³/mol. The number of rotatable bonds is 6. The Labute approximate surface area is 180 Å². The van der Waals surface area contributed by atoms with Crippen molar-refractivity contribution in [3.8, 4) is 17.3 Å². The third-order valence-corrected chi connectivity index (χ3v) is 6.03. The monoisotopic (exact) mass is 462 g/mol. The summed E-state index contributed by atoms with van der Waals surface area (Å²) in [5, 5.41) is 18.1. The molecule has 0 spiro atoms. The van der Waals surface area contributed by atoms with Gasteiger partial charge < -0.3 is 4.74 Å². The number of nitrogens with zero attached hydrogens (tertiary/aromatic N) is 5. The number of hydrogen-bond donors (Lipinski definition) is 1. The average molecular weight is 463 g/mol. The molecule has 0 aliphatic heterocycles. The number of nitrogens with one attached hydrogen (secondary N) is 1. The number of hydrogen-bond acceptors (Lipinski definition) is 11. The number of methoxy groups -OCH3 is 1. The van der Waals surface area contributed by atoms with Crippen molar-refractivity contribution >= 4 is 54.0 Å². The molecule has 30 heavy (non-hydrogen) atoms. The first kappa shape index (κ1) is 21.5. The molecule has 10 nitrogen and oxygen atoms in total. The number of aryl methyl sites for hydroxylation is 1. The molecule has 1 N–H and O–H groups in total. The van der Waals surface area contributed by atoms with Gasteiger partial charge in [-0.3, -0.25) is 4.72 Å². The summed E-state index contributed by atoms with van der Waals surface area (Å²) in [6, 6.07) is 8.59. The third-order valence-electron chi connectivity index (χ3n) is 3.66. The molecule has 0 bridgehead atoms. The van der Waals surface area contributed by atoms with Crippen molar-refractivity contribution in [3.63, 3.8) is 0 Å². The van der Waals surface area contributed by atoms with Crippen LogP contribution in [0.1, 0.15) is 21.6 Å². The topological polar surface area (TPSA) is 147 Å². The van der Waals surface area contributed by atoms with Crippen LogP contribution in [0.4, 0.5) is 15.1 Å². The number of sulfonamides is 1. The van der Waals surface area contributed by atoms with Crippen LogP contribution < -0.4 is 4.72 Å². The first-order valence-corrected chi connectivity index (χ1v) is 11.7. The van der Waals surface area contributed by atoms with E-state index in [1.54, 1.807) is 31.2 Å². The molecule has 0 atom stereocenters. The fraction of sp³-hybridized carbons (Fsp3) is 0.176. The molecule has 2 heterocycles. The Morgan fingerprint density at radius 3 is 2.63 bits per heavy atom. The van der Waals surface area contributed by atoms with Gasteiger partial charge in [0.25, 0.3) is 0 Å². The van der Waals surface area contributed by atoms with E-state index in [2.05, 4.69) is 24.3 Å². The van der Waals surface area contributed by atoms with Gasteiger partial charge in [-0.05, 0) is 24.5 Å². The van der Waals surface area contributed by atoms with E-state index in [0.29, 0.717) is 21.8 Å². The highest BCUT2D eigenvalue weighted by Gasteiger charge is 2.21. The number of carbonyl (C=O) groups excluding carboxylic acids is 1. The van der Waals surface area contributed by atoms with Gasteiger partial charge in [0.1, 0.15) is 17.3 Å². The summed E-state index contributed by atoms with van der Waals surface area (Å²) < 4.78 is 34.5. The SMILES string of the molecule is COC(=O)c1ccccc1-c1nc(NS(C)(=O)=O)sc1/N=N/c1snc(C)c1C#N. The van der Waals surface area contributed by atoms with E-state index in [4.69, 9.17) is 4.74 Å². The lowest BCUT2D eigenvalue weighted by Gasteiger charge is -2.05. The Kier molecular flexibility index (Phi) is 6.20. The van der Waals surface area contributed by atoms with E-state index < -0.39 is 16.0 Å². The van der Waals surface area contributed by atoms with Crippen molar-refractivity contribution < 1.29 is 17.9 Å². The number of thiazole rings is 1. The number of aromatic nitrogens is 2. The van der Waals surface area contributed by atoms with Gasteiger partial charge in [-0.2, -0.15) is 9.64 Å². The lowest BCUT2D eigenvalue weighted by molar-refractivity contribution is 0.0601. The summed E-state index contributed by atoms with van der Waals surface area (Å²) in [5.74, 6) is -0.580. The fourth-order valence-electron chi connectivity index (χ4n) is 2.38. The number of azo groups is 1. The first-order valence-electron chi connectivity index (χ1n) is 8.18. The van der Waals surface area contributed by atoms with Crippen molar-refractivity contribution in [2.75, 3.05) is 18.1 Å². The molecule has 0 unspecified atom stereocenters. The maximum atomic E-state index is 12.2. The minimum atomic E-state index is -3.59. The minimum Gasteiger partial charge on any atom is -0.465 e. The van der Waals surface area contributed by atoms with E-state index in [0.717, 1.165) is 29.1 Å². The van der Waals surface area contributed by atoms with Crippen LogP contribution in [0.25, 0.3) is 11.3 Å². The lowest BCUT2D eigenvalue weighted by Crippen LogP contribution is -2.09. The molecular weight excluding hydrogens is 448 g/mol. The van der Waals surface area contributed by atoms with Crippen molar-refractivity contribution in [2.24, 2.45) is 10.2 Å². The van der Waals surface area contributed by atoms with Crippen molar-refractivity contribution in [1.82, 2.24) is 9.36 Å². The molecular formula is C17H14N6O4S3. The molecule has 13 heteroatoms. The Balaban J connectivity index is 2.14. The molecule has 0 aliphatic carbocycles. The fourth-order valence-corrected chi connectivity index (χ4v) is 4.69. The Hall–Kier alpha value is -3.21. The van der Waals surface area contributed by atoms with Crippen molar-refractivity contribution in [2.45, 2.75) is 6.92 Å². The maximum absolute atomic E-state index is 12.2. The van der Waals surface area contributed by atoms with E-state index in [-0.39, 0.29) is 21.4 Å². The third kappa shape index (κ3) is 4.67. The number of esters is 1. The molecule has 0 radical (unpaired) electrons. The molecule has 2 aromatic heterocycles. The van der Waals surface area contributed by atoms with E-state index in [1.165, 1.54) is 7.11 Å². The number of benzene rings is 1. The zero-order valence-electron chi connectivity index (χ0n) is 15.9. The summed E-state index contributed by atoms with van der Waals surface area (Å²) in [4.78, 5) is 16.5. The summed E-state index contributed by atoms with van der Waals surface area (Å²) in [5.41, 5.74) is 1.72. The second kappa shape index (κ2) is 8.66. The van der Waals surface area contributed by atoms with Gasteiger partial charge in [0.2, 0.25) is 10.0 Å². The van der Waals surface area contributed by atoms with Gasteiger partial charge in [0, 0.05) is 5.56 Å². The van der Waals surface area contributed by atoms with Crippen LogP contribution in [-0.2, 0) is 14.8 Å². The van der Waals surface area contributed by atoms with Gasteiger partial charge in [-0.15, -0.1) is 10.2 Å². The molecule has 0 amide bonds. The summed E-state index contributed by atoms with van der Waals surface area (Å²) >= 11 is 1.95. The lowest BCUT2D eigenvalue weighted by atomic mass is 10.1. The number of ether oxygens (including phenoxy) is 1. The molecule has 3 aromatic rings. The Bertz CT molecular complexity index is 1290. The van der Waals surface area contributed by atoms with Crippen LogP contribution in [-0.4, -0.2) is 37.1 Å². The largest absolute Gasteiger partial charge is 0.465 e. The molecule has 0 saturated carbocycles. The predicted octanol–water partition coefficient (Wildman–Crippen LogP) is 4.02. The minimum absolute atomic E-state index is 0.0575. The summed E-state index contributed by atoms with van der Waals surface area (Å²) in [6.45, 7) is 1.69. The Morgan fingerprint density at radius 2 is 1.97 bits per heavy atom. The van der Waals surface area contributed by atoms with Gasteiger partial charge in [-0.25, -0.2) is 18.2 Å². The maximum Gasteiger partial charge on any atom is 0.338 e.